The Balaban J connectivity index is 2.01. The first-order valence-electron chi connectivity index (χ1n) is 10.8. The fourth-order valence-electron chi connectivity index (χ4n) is 3.83. The summed E-state index contributed by atoms with van der Waals surface area (Å²) < 4.78 is 29.1. The van der Waals surface area contributed by atoms with Crippen molar-refractivity contribution in [1.82, 2.24) is 9.55 Å². The van der Waals surface area contributed by atoms with Crippen molar-refractivity contribution in [3.8, 4) is 22.5 Å². The van der Waals surface area contributed by atoms with Crippen LogP contribution in [0.25, 0.3) is 22.5 Å². The maximum Gasteiger partial charge on any atom is 0.123 e. The second-order valence-corrected chi connectivity index (χ2v) is 8.40. The third kappa shape index (κ3) is 6.24. The van der Waals surface area contributed by atoms with E-state index in [0.29, 0.717) is 29.1 Å². The van der Waals surface area contributed by atoms with Crippen LogP contribution in [0.15, 0.2) is 48.5 Å². The largest absolute Gasteiger partial charge is 0.550 e. The number of aliphatic hydroxyl groups excluding tert-OH is 2. The molecule has 176 valence electrons. The van der Waals surface area contributed by atoms with E-state index < -0.39 is 24.6 Å². The summed E-state index contributed by atoms with van der Waals surface area (Å²) in [5.74, 6) is -1.39. The zero-order valence-corrected chi connectivity index (χ0v) is 18.5. The summed E-state index contributed by atoms with van der Waals surface area (Å²) in [5, 5.41) is 30.8. The second kappa shape index (κ2) is 10.7. The van der Waals surface area contributed by atoms with Gasteiger partial charge in [0.2, 0.25) is 0 Å². The number of halogens is 2. The third-order valence-electron chi connectivity index (χ3n) is 5.38. The number of benzene rings is 2. The van der Waals surface area contributed by atoms with Gasteiger partial charge in [-0.3, -0.25) is 0 Å². The minimum absolute atomic E-state index is 0.0132. The van der Waals surface area contributed by atoms with Gasteiger partial charge in [0.25, 0.3) is 0 Å². The first kappa shape index (κ1) is 24.5. The molecule has 0 amide bonds. The summed E-state index contributed by atoms with van der Waals surface area (Å²) in [7, 11) is 0. The normalized spacial score (nSPS) is 13.3. The lowest BCUT2D eigenvalue weighted by atomic mass is 10.0. The molecule has 2 N–H and O–H groups in total. The molecule has 0 radical (unpaired) electrons. The first-order valence-corrected chi connectivity index (χ1v) is 10.8. The number of rotatable bonds is 10. The summed E-state index contributed by atoms with van der Waals surface area (Å²) >= 11 is 0. The smallest absolute Gasteiger partial charge is 0.123 e. The molecule has 0 bridgehead atoms. The first-order chi connectivity index (χ1) is 15.7. The standard InChI is InChI=1S/C25H28F2N2O4/c1-15(2)25-28-23(16-3-7-18(26)8-4-16)24(17-5-9-19(27)10-6-17)29(25)12-11-20(30)13-21(31)14-22(32)33/h3-10,15,20-21,30-31H,11-14H2,1-2H3,(H,32,33)/p-1/t20-,21-/m1/s1. The zero-order valence-electron chi connectivity index (χ0n) is 18.5. The van der Waals surface area contributed by atoms with Crippen LogP contribution in [0.5, 0.6) is 0 Å². The monoisotopic (exact) mass is 457 g/mol. The summed E-state index contributed by atoms with van der Waals surface area (Å²) in [6, 6.07) is 11.9. The second-order valence-electron chi connectivity index (χ2n) is 8.40. The number of nitrogens with zero attached hydrogens (tertiary/aromatic N) is 2. The topological polar surface area (TPSA) is 98.4 Å². The van der Waals surface area contributed by atoms with Crippen molar-refractivity contribution in [2.45, 2.75) is 57.8 Å². The fourth-order valence-corrected chi connectivity index (χ4v) is 3.83. The van der Waals surface area contributed by atoms with Crippen LogP contribution in [-0.2, 0) is 11.3 Å². The molecule has 0 unspecified atom stereocenters. The van der Waals surface area contributed by atoms with Crippen molar-refractivity contribution in [2.75, 3.05) is 0 Å². The van der Waals surface area contributed by atoms with E-state index in [1.165, 1.54) is 24.3 Å². The molecule has 2 aromatic carbocycles. The number of hydrogen-bond acceptors (Lipinski definition) is 5. The van der Waals surface area contributed by atoms with E-state index in [-0.39, 0.29) is 30.4 Å². The quantitative estimate of drug-likeness (QED) is 0.487. The molecule has 0 fully saturated rings. The van der Waals surface area contributed by atoms with E-state index in [9.17, 15) is 28.9 Å². The van der Waals surface area contributed by atoms with Gasteiger partial charge in [0.1, 0.15) is 17.5 Å². The average Bonchev–Trinajstić information content (AvgIpc) is 3.12. The highest BCUT2D eigenvalue weighted by Gasteiger charge is 2.23. The molecule has 1 aromatic heterocycles. The number of imidazole rings is 1. The van der Waals surface area contributed by atoms with Gasteiger partial charge in [-0.05, 0) is 61.4 Å². The number of aliphatic hydroxyl groups is 2. The zero-order chi connectivity index (χ0) is 24.1. The highest BCUT2D eigenvalue weighted by molar-refractivity contribution is 5.79. The molecule has 0 aliphatic carbocycles. The summed E-state index contributed by atoms with van der Waals surface area (Å²) in [6.07, 6.45) is -2.57. The van der Waals surface area contributed by atoms with Gasteiger partial charge >= 0.3 is 0 Å². The Morgan fingerprint density at radius 3 is 2.03 bits per heavy atom. The Bertz CT molecular complexity index is 1080. The van der Waals surface area contributed by atoms with Gasteiger partial charge in [0, 0.05) is 36.0 Å². The lowest BCUT2D eigenvalue weighted by molar-refractivity contribution is -0.307. The fraction of sp³-hybridized carbons (Fsp3) is 0.360. The number of carbonyl (C=O) groups is 1. The van der Waals surface area contributed by atoms with Gasteiger partial charge < -0.3 is 24.7 Å². The molecule has 6 nitrogen and oxygen atoms in total. The van der Waals surface area contributed by atoms with Crippen LogP contribution >= 0.6 is 0 Å². The predicted octanol–water partition coefficient (Wildman–Crippen LogP) is 3.26. The number of carbonyl (C=O) groups excluding carboxylic acids is 1. The minimum atomic E-state index is -1.38. The molecule has 0 aliphatic heterocycles. The van der Waals surface area contributed by atoms with Crippen LogP contribution in [0.1, 0.15) is 44.9 Å². The van der Waals surface area contributed by atoms with Crippen LogP contribution in [0.2, 0.25) is 0 Å². The summed E-state index contributed by atoms with van der Waals surface area (Å²) in [5.41, 5.74) is 2.72. The van der Waals surface area contributed by atoms with Gasteiger partial charge in [-0.15, -0.1) is 0 Å². The molecular formula is C25H27F2N2O4-. The molecule has 2 atom stereocenters. The van der Waals surface area contributed by atoms with Crippen LogP contribution in [0.3, 0.4) is 0 Å². The van der Waals surface area contributed by atoms with Crippen molar-refractivity contribution >= 4 is 5.97 Å². The summed E-state index contributed by atoms with van der Waals surface area (Å²) in [4.78, 5) is 15.5. The Morgan fingerprint density at radius 1 is 0.970 bits per heavy atom. The highest BCUT2D eigenvalue weighted by atomic mass is 19.1. The average molecular weight is 457 g/mol. The van der Waals surface area contributed by atoms with Gasteiger partial charge in [-0.25, -0.2) is 13.8 Å². The minimum Gasteiger partial charge on any atom is -0.550 e. The predicted molar refractivity (Wildman–Crippen MR) is 118 cm³/mol. The lowest BCUT2D eigenvalue weighted by Gasteiger charge is -2.19. The van der Waals surface area contributed by atoms with Crippen molar-refractivity contribution in [3.63, 3.8) is 0 Å². The van der Waals surface area contributed by atoms with E-state index in [0.717, 1.165) is 5.82 Å². The van der Waals surface area contributed by atoms with E-state index in [1.807, 2.05) is 18.4 Å². The van der Waals surface area contributed by atoms with Crippen LogP contribution < -0.4 is 5.11 Å². The van der Waals surface area contributed by atoms with Gasteiger partial charge in [-0.1, -0.05) is 13.8 Å². The van der Waals surface area contributed by atoms with E-state index >= 15 is 0 Å². The number of aliphatic carboxylic acids is 1. The third-order valence-corrected chi connectivity index (χ3v) is 5.38. The van der Waals surface area contributed by atoms with Gasteiger partial charge in [0.05, 0.1) is 23.6 Å². The van der Waals surface area contributed by atoms with E-state index in [2.05, 4.69) is 0 Å². The Morgan fingerprint density at radius 2 is 1.52 bits per heavy atom. The molecule has 3 aromatic rings. The highest BCUT2D eigenvalue weighted by Crippen LogP contribution is 2.35. The number of hydrogen-bond donors (Lipinski definition) is 2. The Kier molecular flexibility index (Phi) is 7.94. The molecule has 1 heterocycles. The summed E-state index contributed by atoms with van der Waals surface area (Å²) in [6.45, 7) is 4.27. The maximum atomic E-state index is 13.6. The maximum absolute atomic E-state index is 13.6. The van der Waals surface area contributed by atoms with Crippen molar-refractivity contribution in [3.05, 3.63) is 66.0 Å². The van der Waals surface area contributed by atoms with Gasteiger partial charge in [-0.2, -0.15) is 0 Å². The van der Waals surface area contributed by atoms with Crippen molar-refractivity contribution in [1.29, 1.82) is 0 Å². The van der Waals surface area contributed by atoms with Crippen molar-refractivity contribution in [2.24, 2.45) is 0 Å². The number of carboxylic acids is 1. The van der Waals surface area contributed by atoms with Crippen LogP contribution in [-0.4, -0.2) is 37.9 Å². The molecule has 33 heavy (non-hydrogen) atoms. The van der Waals surface area contributed by atoms with E-state index in [4.69, 9.17) is 4.98 Å². The number of carboxylic acid groups (broad SMARTS) is 1. The Labute approximate surface area is 191 Å². The molecule has 0 aliphatic rings. The van der Waals surface area contributed by atoms with Gasteiger partial charge in [0.15, 0.2) is 0 Å². The molecule has 0 saturated heterocycles. The van der Waals surface area contributed by atoms with E-state index in [1.54, 1.807) is 24.3 Å². The lowest BCUT2D eigenvalue weighted by Crippen LogP contribution is -2.29. The molecule has 3 rings (SSSR count). The number of aromatic nitrogens is 2. The van der Waals surface area contributed by atoms with Crippen LogP contribution in [0.4, 0.5) is 8.78 Å². The Hall–Kier alpha value is -3.10. The van der Waals surface area contributed by atoms with Crippen molar-refractivity contribution < 1.29 is 28.9 Å². The molecule has 0 saturated carbocycles. The SMILES string of the molecule is CC(C)c1nc(-c2ccc(F)cc2)c(-c2ccc(F)cc2)n1CC[C@@H](O)C[C@@H](O)CC(=O)[O-]. The van der Waals surface area contributed by atoms with Crippen LogP contribution in [0, 0.1) is 11.6 Å². The molecular weight excluding hydrogens is 430 g/mol. The molecule has 8 heteroatoms. The molecule has 0 spiro atoms.